The van der Waals surface area contributed by atoms with Gasteiger partial charge in [0.25, 0.3) is 0 Å². The molecule has 1 saturated carbocycles. The first-order valence-corrected chi connectivity index (χ1v) is 6.78. The summed E-state index contributed by atoms with van der Waals surface area (Å²) in [6.45, 7) is 1.99. The van der Waals surface area contributed by atoms with Gasteiger partial charge in [-0.15, -0.1) is 11.3 Å². The second-order valence-electron chi connectivity index (χ2n) is 4.51. The van der Waals surface area contributed by atoms with Gasteiger partial charge in [0.05, 0.1) is 0 Å². The zero-order valence-corrected chi connectivity index (χ0v) is 10.5. The van der Waals surface area contributed by atoms with Gasteiger partial charge in [0.2, 0.25) is 5.91 Å². The fraction of sp³-hybridized carbons (Fsp3) is 0.667. The maximum Gasteiger partial charge on any atom is 0.226 e. The van der Waals surface area contributed by atoms with Crippen LogP contribution in [0.5, 0.6) is 0 Å². The molecule has 16 heavy (non-hydrogen) atoms. The number of carbonyl (C=O) groups is 1. The van der Waals surface area contributed by atoms with Gasteiger partial charge in [-0.3, -0.25) is 4.79 Å². The van der Waals surface area contributed by atoms with Gasteiger partial charge >= 0.3 is 0 Å². The molecule has 1 N–H and O–H groups in total. The molecule has 0 atom stereocenters. The van der Waals surface area contributed by atoms with Crippen molar-refractivity contribution in [2.45, 2.75) is 45.4 Å². The number of nitrogens with one attached hydrogen (secondary N) is 1. The summed E-state index contributed by atoms with van der Waals surface area (Å²) < 4.78 is 0. The van der Waals surface area contributed by atoms with Crippen molar-refractivity contribution in [3.63, 3.8) is 0 Å². The number of hydrogen-bond donors (Lipinski definition) is 1. The Kier molecular flexibility index (Phi) is 3.93. The molecule has 0 saturated heterocycles. The number of rotatable bonds is 4. The van der Waals surface area contributed by atoms with Crippen LogP contribution in [-0.2, 0) is 4.79 Å². The van der Waals surface area contributed by atoms with E-state index in [1.165, 1.54) is 37.0 Å². The molecule has 3 nitrogen and oxygen atoms in total. The monoisotopic (exact) mass is 238 g/mol. The van der Waals surface area contributed by atoms with Crippen LogP contribution < -0.4 is 5.32 Å². The number of carbonyl (C=O) groups excluding carboxylic acids is 1. The van der Waals surface area contributed by atoms with Crippen molar-refractivity contribution in [1.82, 2.24) is 4.98 Å². The van der Waals surface area contributed by atoms with Crippen molar-refractivity contribution in [3.05, 3.63) is 11.1 Å². The fourth-order valence-corrected chi connectivity index (χ4v) is 2.91. The van der Waals surface area contributed by atoms with E-state index in [2.05, 4.69) is 10.3 Å². The van der Waals surface area contributed by atoms with Crippen LogP contribution in [-0.4, -0.2) is 10.9 Å². The molecule has 4 heteroatoms. The minimum absolute atomic E-state index is 0.112. The van der Waals surface area contributed by atoms with Crippen molar-refractivity contribution >= 4 is 22.4 Å². The third-order valence-corrected chi connectivity index (χ3v) is 3.95. The number of aromatic nitrogens is 1. The second kappa shape index (κ2) is 5.43. The van der Waals surface area contributed by atoms with E-state index >= 15 is 0 Å². The molecule has 0 bridgehead atoms. The number of nitrogens with zero attached hydrogens (tertiary/aromatic N) is 1. The van der Waals surface area contributed by atoms with Gasteiger partial charge in [-0.1, -0.05) is 25.7 Å². The van der Waals surface area contributed by atoms with E-state index in [0.29, 0.717) is 6.42 Å². The topological polar surface area (TPSA) is 42.0 Å². The molecule has 2 rings (SSSR count). The van der Waals surface area contributed by atoms with E-state index in [4.69, 9.17) is 0 Å². The van der Waals surface area contributed by atoms with Crippen molar-refractivity contribution in [1.29, 1.82) is 0 Å². The summed E-state index contributed by atoms with van der Waals surface area (Å²) in [7, 11) is 0. The summed E-state index contributed by atoms with van der Waals surface area (Å²) >= 11 is 1.53. The van der Waals surface area contributed by atoms with E-state index in [1.807, 2.05) is 6.92 Å². The Hall–Kier alpha value is -0.900. The zero-order valence-electron chi connectivity index (χ0n) is 9.66. The molecule has 1 aromatic heterocycles. The molecule has 88 valence electrons. The Morgan fingerprint density at radius 3 is 2.94 bits per heavy atom. The Bertz CT molecular complexity index is 356. The van der Waals surface area contributed by atoms with Crippen molar-refractivity contribution in [2.24, 2.45) is 5.92 Å². The van der Waals surface area contributed by atoms with E-state index in [9.17, 15) is 4.79 Å². The predicted molar refractivity (Wildman–Crippen MR) is 66.7 cm³/mol. The van der Waals surface area contributed by atoms with Gasteiger partial charge in [0.15, 0.2) is 5.13 Å². The summed E-state index contributed by atoms with van der Waals surface area (Å²) in [5.74, 6) is 0.894. The van der Waals surface area contributed by atoms with E-state index in [-0.39, 0.29) is 5.91 Å². The van der Waals surface area contributed by atoms with Gasteiger partial charge in [0, 0.05) is 17.5 Å². The lowest BCUT2D eigenvalue weighted by atomic mass is 10.0. The summed E-state index contributed by atoms with van der Waals surface area (Å²) in [4.78, 5) is 16.9. The Morgan fingerprint density at radius 2 is 2.31 bits per heavy atom. The average molecular weight is 238 g/mol. The lowest BCUT2D eigenvalue weighted by Crippen LogP contribution is -2.12. The van der Waals surface area contributed by atoms with Crippen LogP contribution in [0, 0.1) is 12.8 Å². The quantitative estimate of drug-likeness (QED) is 0.874. The minimum Gasteiger partial charge on any atom is -0.302 e. The highest BCUT2D eigenvalue weighted by atomic mass is 32.1. The van der Waals surface area contributed by atoms with Crippen LogP contribution in [0.4, 0.5) is 5.13 Å². The van der Waals surface area contributed by atoms with Gasteiger partial charge < -0.3 is 5.32 Å². The molecule has 1 fully saturated rings. The number of anilines is 1. The molecular formula is C12H18N2OS. The Labute approximate surface area is 100 Å². The van der Waals surface area contributed by atoms with Crippen LogP contribution in [0.3, 0.4) is 0 Å². The molecule has 0 spiro atoms. The lowest BCUT2D eigenvalue weighted by molar-refractivity contribution is -0.116. The molecule has 0 aliphatic heterocycles. The van der Waals surface area contributed by atoms with Crippen molar-refractivity contribution < 1.29 is 4.79 Å². The largest absolute Gasteiger partial charge is 0.302 e. The number of aryl methyl sites for hydroxylation is 1. The van der Waals surface area contributed by atoms with Crippen LogP contribution >= 0.6 is 11.3 Å². The highest BCUT2D eigenvalue weighted by Crippen LogP contribution is 2.28. The van der Waals surface area contributed by atoms with Gasteiger partial charge in [-0.05, 0) is 19.3 Å². The molecule has 0 aromatic carbocycles. The molecule has 1 aliphatic carbocycles. The smallest absolute Gasteiger partial charge is 0.226 e. The maximum absolute atomic E-state index is 11.6. The molecule has 0 radical (unpaired) electrons. The van der Waals surface area contributed by atoms with Crippen molar-refractivity contribution in [3.8, 4) is 0 Å². The molecule has 0 unspecified atom stereocenters. The molecular weight excluding hydrogens is 220 g/mol. The van der Waals surface area contributed by atoms with E-state index in [0.717, 1.165) is 22.3 Å². The first-order chi connectivity index (χ1) is 7.74. The number of amides is 1. The molecule has 1 aliphatic rings. The second-order valence-corrected chi connectivity index (χ2v) is 5.75. The summed E-state index contributed by atoms with van der Waals surface area (Å²) in [5, 5.41) is 3.59. The highest BCUT2D eigenvalue weighted by Gasteiger charge is 2.16. The lowest BCUT2D eigenvalue weighted by Gasteiger charge is -2.07. The molecule has 1 amide bonds. The van der Waals surface area contributed by atoms with Crippen LogP contribution in [0.2, 0.25) is 0 Å². The standard InChI is InChI=1S/C12H18N2OS/c1-9-8-13-12(16-9)14-11(15)7-6-10-4-2-3-5-10/h8,10H,2-7H2,1H3,(H,13,14,15). The van der Waals surface area contributed by atoms with E-state index < -0.39 is 0 Å². The normalized spacial score (nSPS) is 16.6. The van der Waals surface area contributed by atoms with Gasteiger partial charge in [0.1, 0.15) is 0 Å². The highest BCUT2D eigenvalue weighted by molar-refractivity contribution is 7.15. The van der Waals surface area contributed by atoms with Crippen LogP contribution in [0.1, 0.15) is 43.4 Å². The van der Waals surface area contributed by atoms with Gasteiger partial charge in [-0.2, -0.15) is 0 Å². The molecule has 1 aromatic rings. The van der Waals surface area contributed by atoms with Crippen molar-refractivity contribution in [2.75, 3.05) is 5.32 Å². The van der Waals surface area contributed by atoms with E-state index in [1.54, 1.807) is 6.20 Å². The fourth-order valence-electron chi connectivity index (χ4n) is 2.23. The Balaban J connectivity index is 1.71. The molecule has 1 heterocycles. The van der Waals surface area contributed by atoms with Crippen LogP contribution in [0.15, 0.2) is 6.20 Å². The minimum atomic E-state index is 0.112. The zero-order chi connectivity index (χ0) is 11.4. The predicted octanol–water partition coefficient (Wildman–Crippen LogP) is 3.36. The Morgan fingerprint density at radius 1 is 1.56 bits per heavy atom. The maximum atomic E-state index is 11.6. The number of thiazole rings is 1. The number of hydrogen-bond acceptors (Lipinski definition) is 3. The van der Waals surface area contributed by atoms with Gasteiger partial charge in [-0.25, -0.2) is 4.98 Å². The average Bonchev–Trinajstić information content (AvgIpc) is 2.87. The first-order valence-electron chi connectivity index (χ1n) is 5.96. The summed E-state index contributed by atoms with van der Waals surface area (Å²) in [6.07, 6.45) is 8.78. The summed E-state index contributed by atoms with van der Waals surface area (Å²) in [6, 6.07) is 0. The summed E-state index contributed by atoms with van der Waals surface area (Å²) in [5.41, 5.74) is 0. The third-order valence-electron chi connectivity index (χ3n) is 3.12. The third kappa shape index (κ3) is 3.30. The van der Waals surface area contributed by atoms with Crippen LogP contribution in [0.25, 0.3) is 0 Å². The first kappa shape index (κ1) is 11.6. The SMILES string of the molecule is Cc1cnc(NC(=O)CCC2CCCC2)s1.